The topological polar surface area (TPSA) is 104 Å². The van der Waals surface area contributed by atoms with Crippen molar-refractivity contribution in [2.75, 3.05) is 6.61 Å². The Morgan fingerprint density at radius 2 is 1.76 bits per heavy atom. The summed E-state index contributed by atoms with van der Waals surface area (Å²) in [7, 11) is 0. The van der Waals surface area contributed by atoms with Crippen molar-refractivity contribution in [3.8, 4) is 23.0 Å². The molecule has 1 aliphatic rings. The van der Waals surface area contributed by atoms with E-state index < -0.39 is 11.5 Å². The molecule has 0 spiro atoms. The lowest BCUT2D eigenvalue weighted by Gasteiger charge is -2.26. The molecule has 3 rings (SSSR count). The van der Waals surface area contributed by atoms with Crippen LogP contribution >= 0.6 is 0 Å². The average molecular weight is 288 g/mol. The molecule has 0 saturated carbocycles. The molecule has 2 aromatic rings. The van der Waals surface area contributed by atoms with E-state index in [1.165, 1.54) is 6.07 Å². The second-order valence-corrected chi connectivity index (χ2v) is 5.04. The maximum absolute atomic E-state index is 11.2. The van der Waals surface area contributed by atoms with Gasteiger partial charge in [0.25, 0.3) is 0 Å². The van der Waals surface area contributed by atoms with Gasteiger partial charge in [-0.2, -0.15) is 0 Å². The first-order chi connectivity index (χ1) is 10.0. The number of aromatic hydroxyl groups is 3. The van der Waals surface area contributed by atoms with Crippen LogP contribution in [-0.4, -0.2) is 34.5 Å². The van der Waals surface area contributed by atoms with Gasteiger partial charge in [0.15, 0.2) is 24.1 Å². The van der Waals surface area contributed by atoms with Crippen LogP contribution in [0.2, 0.25) is 0 Å². The summed E-state index contributed by atoms with van der Waals surface area (Å²) in [6.45, 7) is 2.11. The van der Waals surface area contributed by atoms with Gasteiger partial charge in [0.1, 0.15) is 17.1 Å². The fourth-order valence-electron chi connectivity index (χ4n) is 2.75. The summed E-state index contributed by atoms with van der Waals surface area (Å²) in [5, 5.41) is 30.4. The number of carbonyl (C=O) groups is 2. The van der Waals surface area contributed by atoms with Crippen LogP contribution in [0.4, 0.5) is 0 Å². The quantitative estimate of drug-likeness (QED) is 0.577. The zero-order valence-electron chi connectivity index (χ0n) is 11.1. The molecule has 1 atom stereocenters. The Morgan fingerprint density at radius 3 is 2.38 bits per heavy atom. The molecule has 0 aliphatic carbocycles. The molecule has 1 unspecified atom stereocenters. The van der Waals surface area contributed by atoms with E-state index in [4.69, 9.17) is 4.74 Å². The van der Waals surface area contributed by atoms with Gasteiger partial charge in [0.2, 0.25) is 0 Å². The van der Waals surface area contributed by atoms with Crippen molar-refractivity contribution in [2.45, 2.75) is 12.8 Å². The summed E-state index contributed by atoms with van der Waals surface area (Å²) in [6, 6.07) is 1.42. The van der Waals surface area contributed by atoms with Gasteiger partial charge in [0, 0.05) is 16.7 Å². The van der Waals surface area contributed by atoms with Crippen LogP contribution in [0.1, 0.15) is 39.1 Å². The lowest BCUT2D eigenvalue weighted by molar-refractivity contribution is 0.111. The summed E-state index contributed by atoms with van der Waals surface area (Å²) in [6.07, 6.45) is 0.772. The molecule has 3 N–H and O–H groups in total. The van der Waals surface area contributed by atoms with Gasteiger partial charge in [-0.15, -0.1) is 0 Å². The van der Waals surface area contributed by atoms with E-state index in [1.54, 1.807) is 0 Å². The highest BCUT2D eigenvalue weighted by Gasteiger charge is 2.30. The number of ether oxygens (including phenoxy) is 1. The van der Waals surface area contributed by atoms with E-state index in [0.29, 0.717) is 23.5 Å². The SMILES string of the molecule is CC1COc2c(C=O)c(O)c(O)c3c(C=O)c(O)cc1c23. The predicted octanol–water partition coefficient (Wildman–Crippen LogP) is 2.08. The van der Waals surface area contributed by atoms with Gasteiger partial charge in [-0.25, -0.2) is 0 Å². The predicted molar refractivity (Wildman–Crippen MR) is 73.6 cm³/mol. The Hall–Kier alpha value is -2.76. The fourth-order valence-corrected chi connectivity index (χ4v) is 2.75. The molecular formula is C15H12O6. The third kappa shape index (κ3) is 1.59. The van der Waals surface area contributed by atoms with Crippen LogP contribution in [-0.2, 0) is 0 Å². The van der Waals surface area contributed by atoms with Gasteiger partial charge in [-0.3, -0.25) is 9.59 Å². The third-order valence-electron chi connectivity index (χ3n) is 3.81. The first kappa shape index (κ1) is 13.2. The molecule has 1 heterocycles. The minimum Gasteiger partial charge on any atom is -0.507 e. The van der Waals surface area contributed by atoms with Crippen LogP contribution in [0.25, 0.3) is 10.8 Å². The lowest BCUT2D eigenvalue weighted by atomic mass is 9.87. The first-order valence-corrected chi connectivity index (χ1v) is 6.31. The Kier molecular flexibility index (Phi) is 2.76. The Morgan fingerprint density at radius 1 is 1.10 bits per heavy atom. The minimum atomic E-state index is -0.665. The molecule has 6 heteroatoms. The molecule has 21 heavy (non-hydrogen) atoms. The molecule has 0 radical (unpaired) electrons. The molecule has 108 valence electrons. The highest BCUT2D eigenvalue weighted by Crippen LogP contribution is 2.51. The normalized spacial score (nSPS) is 16.5. The number of phenolic OH excluding ortho intramolecular Hbond substituents is 3. The van der Waals surface area contributed by atoms with E-state index in [9.17, 15) is 24.9 Å². The van der Waals surface area contributed by atoms with Crippen molar-refractivity contribution in [2.24, 2.45) is 0 Å². The zero-order valence-corrected chi connectivity index (χ0v) is 11.1. The summed E-state index contributed by atoms with van der Waals surface area (Å²) >= 11 is 0. The number of benzene rings is 2. The van der Waals surface area contributed by atoms with E-state index in [1.807, 2.05) is 6.92 Å². The molecule has 6 nitrogen and oxygen atoms in total. The van der Waals surface area contributed by atoms with Gasteiger partial charge in [-0.05, 0) is 11.6 Å². The smallest absolute Gasteiger partial charge is 0.172 e. The Bertz CT molecular complexity index is 793. The molecule has 0 amide bonds. The van der Waals surface area contributed by atoms with Crippen LogP contribution in [0, 0.1) is 0 Å². The molecule has 0 saturated heterocycles. The molecule has 1 aliphatic heterocycles. The second-order valence-electron chi connectivity index (χ2n) is 5.04. The van der Waals surface area contributed by atoms with Crippen molar-refractivity contribution in [3.05, 3.63) is 22.8 Å². The van der Waals surface area contributed by atoms with E-state index in [-0.39, 0.29) is 40.5 Å². The maximum Gasteiger partial charge on any atom is 0.172 e. The molecule has 2 aromatic carbocycles. The highest BCUT2D eigenvalue weighted by molar-refractivity contribution is 6.12. The van der Waals surface area contributed by atoms with Crippen LogP contribution in [0.3, 0.4) is 0 Å². The average Bonchev–Trinajstić information content (AvgIpc) is 2.47. The molecular weight excluding hydrogens is 276 g/mol. The van der Waals surface area contributed by atoms with Crippen molar-refractivity contribution in [1.29, 1.82) is 0 Å². The summed E-state index contributed by atoms with van der Waals surface area (Å²) < 4.78 is 5.51. The van der Waals surface area contributed by atoms with Crippen molar-refractivity contribution in [3.63, 3.8) is 0 Å². The summed E-state index contributed by atoms with van der Waals surface area (Å²) in [5.41, 5.74) is 0.321. The summed E-state index contributed by atoms with van der Waals surface area (Å²) in [5.74, 6) is -1.56. The van der Waals surface area contributed by atoms with Crippen molar-refractivity contribution < 1.29 is 29.6 Å². The van der Waals surface area contributed by atoms with Gasteiger partial charge >= 0.3 is 0 Å². The number of phenols is 3. The van der Waals surface area contributed by atoms with Gasteiger partial charge in [-0.1, -0.05) is 6.92 Å². The molecule has 0 fully saturated rings. The first-order valence-electron chi connectivity index (χ1n) is 6.31. The third-order valence-corrected chi connectivity index (χ3v) is 3.81. The largest absolute Gasteiger partial charge is 0.507 e. The van der Waals surface area contributed by atoms with E-state index >= 15 is 0 Å². The standard InChI is InChI=1S/C15H12O6/c1-6-5-21-15-9(4-17)13(19)14(20)11-8(3-16)10(18)2-7(6)12(11)15/h2-4,6,18-20H,5H2,1H3. The number of hydrogen-bond donors (Lipinski definition) is 3. The number of aldehydes is 2. The number of rotatable bonds is 2. The van der Waals surface area contributed by atoms with Gasteiger partial charge in [0.05, 0.1) is 12.2 Å². The minimum absolute atomic E-state index is 0.00958. The van der Waals surface area contributed by atoms with Crippen LogP contribution < -0.4 is 4.74 Å². The maximum atomic E-state index is 11.2. The lowest BCUT2D eigenvalue weighted by Crippen LogP contribution is -2.15. The van der Waals surface area contributed by atoms with Crippen molar-refractivity contribution >= 4 is 23.3 Å². The Labute approximate surface area is 119 Å². The zero-order chi connectivity index (χ0) is 15.3. The van der Waals surface area contributed by atoms with Crippen LogP contribution in [0.5, 0.6) is 23.0 Å². The number of carbonyl (C=O) groups excluding carboxylic acids is 2. The summed E-state index contributed by atoms with van der Waals surface area (Å²) in [4.78, 5) is 22.4. The van der Waals surface area contributed by atoms with E-state index in [2.05, 4.69) is 0 Å². The van der Waals surface area contributed by atoms with Crippen LogP contribution in [0.15, 0.2) is 6.07 Å². The second kappa shape index (κ2) is 4.37. The fraction of sp³-hybridized carbons (Fsp3) is 0.200. The van der Waals surface area contributed by atoms with E-state index in [0.717, 1.165) is 0 Å². The monoisotopic (exact) mass is 288 g/mol. The Balaban J connectivity index is 2.65. The number of hydrogen-bond acceptors (Lipinski definition) is 6. The molecule has 0 bridgehead atoms. The highest BCUT2D eigenvalue weighted by atomic mass is 16.5. The van der Waals surface area contributed by atoms with Gasteiger partial charge < -0.3 is 20.1 Å². The molecule has 0 aromatic heterocycles. The van der Waals surface area contributed by atoms with Crippen molar-refractivity contribution in [1.82, 2.24) is 0 Å².